The van der Waals surface area contributed by atoms with Crippen LogP contribution in [0.15, 0.2) is 0 Å². The Morgan fingerprint density at radius 2 is 1.12 bits per heavy atom. The van der Waals surface area contributed by atoms with Gasteiger partial charge in [-0.1, -0.05) is 68.7 Å². The molecule has 32 heavy (non-hydrogen) atoms. The van der Waals surface area contributed by atoms with Gasteiger partial charge in [0.15, 0.2) is 0 Å². The largest absolute Gasteiger partial charge is 0.392 e. The molecule has 5 fully saturated rings. The van der Waals surface area contributed by atoms with Crippen LogP contribution >= 0.6 is 0 Å². The van der Waals surface area contributed by atoms with Gasteiger partial charge in [0.25, 0.3) is 0 Å². The molecule has 0 heterocycles. The third-order valence-electron chi connectivity index (χ3n) is 14.1. The minimum Gasteiger partial charge on any atom is -0.392 e. The molecule has 1 nitrogen and oxygen atoms in total. The summed E-state index contributed by atoms with van der Waals surface area (Å²) in [5, 5.41) is 11.2. The van der Waals surface area contributed by atoms with Crippen molar-refractivity contribution in [2.24, 2.45) is 62.1 Å². The van der Waals surface area contributed by atoms with Crippen LogP contribution in [-0.2, 0) is 0 Å². The summed E-state index contributed by atoms with van der Waals surface area (Å²) in [7, 11) is 0. The molecule has 5 saturated carbocycles. The van der Waals surface area contributed by atoms with Gasteiger partial charge in [0, 0.05) is 0 Å². The number of rotatable bonds is 0. The summed E-state index contributed by atoms with van der Waals surface area (Å²) in [6.45, 7) is 23.2. The molecule has 2 unspecified atom stereocenters. The third kappa shape index (κ3) is 2.67. The SMILES string of the molecule is CC1C[C@]2(C)[C@H]3CC[C@@H]4[C@@]5(C)CCCC(C)(C)[C@@H]5CC[C@@]4(C)[C@]3(C)CC[C@H]2C(C)(C)C1O. The smallest absolute Gasteiger partial charge is 0.0619 e. The fourth-order valence-corrected chi connectivity index (χ4v) is 12.8. The van der Waals surface area contributed by atoms with Crippen molar-refractivity contribution in [3.63, 3.8) is 0 Å². The first-order valence-electron chi connectivity index (χ1n) is 14.3. The Kier molecular flexibility index (Phi) is 5.03. The van der Waals surface area contributed by atoms with Gasteiger partial charge in [-0.15, -0.1) is 0 Å². The molecule has 0 aromatic carbocycles. The van der Waals surface area contributed by atoms with E-state index in [4.69, 9.17) is 0 Å². The fourth-order valence-electron chi connectivity index (χ4n) is 12.8. The zero-order chi connectivity index (χ0) is 23.5. The lowest BCUT2D eigenvalue weighted by Crippen LogP contribution is -2.68. The van der Waals surface area contributed by atoms with Crippen molar-refractivity contribution in [1.82, 2.24) is 0 Å². The molecule has 5 aliphatic rings. The molecule has 0 radical (unpaired) electrons. The maximum absolute atomic E-state index is 11.2. The van der Waals surface area contributed by atoms with Crippen molar-refractivity contribution in [3.8, 4) is 0 Å². The van der Waals surface area contributed by atoms with E-state index in [-0.39, 0.29) is 11.5 Å². The minimum atomic E-state index is -0.143. The second-order valence-electron chi connectivity index (χ2n) is 16.0. The van der Waals surface area contributed by atoms with Crippen molar-refractivity contribution in [2.45, 2.75) is 133 Å². The lowest BCUT2D eigenvalue weighted by atomic mass is 9.30. The molecule has 0 saturated heterocycles. The van der Waals surface area contributed by atoms with Gasteiger partial charge in [0.1, 0.15) is 0 Å². The molecule has 0 aromatic heterocycles. The quantitative estimate of drug-likeness (QED) is 0.398. The monoisotopic (exact) mass is 442 g/mol. The molecule has 1 heteroatoms. The van der Waals surface area contributed by atoms with E-state index in [1.165, 1.54) is 64.2 Å². The summed E-state index contributed by atoms with van der Waals surface area (Å²) in [5.74, 6) is 3.72. The maximum Gasteiger partial charge on any atom is 0.0619 e. The molecular weight excluding hydrogens is 388 g/mol. The molecule has 1 N–H and O–H groups in total. The molecule has 5 rings (SSSR count). The number of fused-ring (bicyclic) bond motifs is 7. The van der Waals surface area contributed by atoms with Crippen molar-refractivity contribution < 1.29 is 5.11 Å². The molecule has 0 spiro atoms. The standard InChI is InChI=1S/C31H54O/c1-20-19-29(7)22(27(4,5)25(20)32)14-18-31(9)24(29)12-11-23-28(6)16-10-15-26(2,3)21(28)13-17-30(23,31)8/h20-25,32H,10-19H2,1-9H3/t20?,21-,22-,23+,24+,25?,28-,29-,30+,31+/m0/s1. The van der Waals surface area contributed by atoms with E-state index < -0.39 is 0 Å². The highest BCUT2D eigenvalue weighted by molar-refractivity contribution is 5.19. The minimum absolute atomic E-state index is 0.0442. The van der Waals surface area contributed by atoms with Crippen molar-refractivity contribution in [1.29, 1.82) is 0 Å². The van der Waals surface area contributed by atoms with Crippen LogP contribution in [0.3, 0.4) is 0 Å². The maximum atomic E-state index is 11.2. The Morgan fingerprint density at radius 1 is 0.594 bits per heavy atom. The summed E-state index contributed by atoms with van der Waals surface area (Å²) < 4.78 is 0. The van der Waals surface area contributed by atoms with Crippen LogP contribution in [0.2, 0.25) is 0 Å². The zero-order valence-corrected chi connectivity index (χ0v) is 23.0. The van der Waals surface area contributed by atoms with Crippen LogP contribution in [0, 0.1) is 62.1 Å². The van der Waals surface area contributed by atoms with E-state index >= 15 is 0 Å². The molecule has 0 aliphatic heterocycles. The predicted octanol–water partition coefficient (Wildman–Crippen LogP) is 8.49. The second-order valence-corrected chi connectivity index (χ2v) is 16.0. The van der Waals surface area contributed by atoms with E-state index in [1.54, 1.807) is 0 Å². The van der Waals surface area contributed by atoms with E-state index in [0.29, 0.717) is 38.9 Å². The van der Waals surface area contributed by atoms with E-state index in [2.05, 4.69) is 62.3 Å². The van der Waals surface area contributed by atoms with E-state index in [1.807, 2.05) is 0 Å². The second kappa shape index (κ2) is 6.79. The summed E-state index contributed by atoms with van der Waals surface area (Å²) in [4.78, 5) is 0. The highest BCUT2D eigenvalue weighted by atomic mass is 16.3. The molecule has 184 valence electrons. The Bertz CT molecular complexity index is 766. The van der Waals surface area contributed by atoms with Gasteiger partial charge in [-0.3, -0.25) is 0 Å². The van der Waals surface area contributed by atoms with E-state index in [9.17, 15) is 5.11 Å². The Morgan fingerprint density at radius 3 is 1.72 bits per heavy atom. The van der Waals surface area contributed by atoms with Crippen molar-refractivity contribution >= 4 is 0 Å². The molecule has 0 amide bonds. The van der Waals surface area contributed by atoms with Crippen molar-refractivity contribution in [2.75, 3.05) is 0 Å². The molecule has 5 aliphatic carbocycles. The highest BCUT2D eigenvalue weighted by Gasteiger charge is 2.71. The third-order valence-corrected chi connectivity index (χ3v) is 14.1. The fraction of sp³-hybridized carbons (Fsp3) is 1.00. The highest BCUT2D eigenvalue weighted by Crippen LogP contribution is 2.78. The van der Waals surface area contributed by atoms with Crippen LogP contribution < -0.4 is 0 Å². The number of hydrogen-bond acceptors (Lipinski definition) is 1. The lowest BCUT2D eigenvalue weighted by Gasteiger charge is -2.75. The predicted molar refractivity (Wildman–Crippen MR) is 135 cm³/mol. The van der Waals surface area contributed by atoms with Gasteiger partial charge < -0.3 is 5.11 Å². The molecule has 0 bridgehead atoms. The first-order chi connectivity index (χ1) is 14.6. The van der Waals surface area contributed by atoms with Gasteiger partial charge in [-0.2, -0.15) is 0 Å². The Hall–Kier alpha value is -0.0400. The van der Waals surface area contributed by atoms with Crippen LogP contribution in [-0.4, -0.2) is 11.2 Å². The Labute approximate surface area is 199 Å². The van der Waals surface area contributed by atoms with Crippen LogP contribution in [0.1, 0.15) is 127 Å². The van der Waals surface area contributed by atoms with Gasteiger partial charge in [0.2, 0.25) is 0 Å². The van der Waals surface area contributed by atoms with Gasteiger partial charge in [-0.05, 0) is 120 Å². The Balaban J connectivity index is 1.55. The normalized spacial score (nSPS) is 58.7. The first-order valence-corrected chi connectivity index (χ1v) is 14.3. The van der Waals surface area contributed by atoms with Crippen molar-refractivity contribution in [3.05, 3.63) is 0 Å². The molecule has 10 atom stereocenters. The average Bonchev–Trinajstić information content (AvgIpc) is 2.66. The van der Waals surface area contributed by atoms with Crippen LogP contribution in [0.4, 0.5) is 0 Å². The van der Waals surface area contributed by atoms with E-state index in [0.717, 1.165) is 17.8 Å². The summed E-state index contributed by atoms with van der Waals surface area (Å²) in [6.07, 6.45) is 14.0. The topological polar surface area (TPSA) is 20.2 Å². The number of aliphatic hydroxyl groups is 1. The molecular formula is C31H54O. The van der Waals surface area contributed by atoms with Gasteiger partial charge in [0.05, 0.1) is 6.10 Å². The summed E-state index contributed by atoms with van der Waals surface area (Å²) in [5.41, 5.74) is 2.42. The first kappa shape index (κ1) is 23.7. The average molecular weight is 443 g/mol. The number of aliphatic hydroxyl groups excluding tert-OH is 1. The van der Waals surface area contributed by atoms with Gasteiger partial charge >= 0.3 is 0 Å². The summed E-state index contributed by atoms with van der Waals surface area (Å²) >= 11 is 0. The zero-order valence-electron chi connectivity index (χ0n) is 23.0. The lowest BCUT2D eigenvalue weighted by molar-refractivity contribution is -0.269. The van der Waals surface area contributed by atoms with Crippen LogP contribution in [0.25, 0.3) is 0 Å². The number of hydrogen-bond donors (Lipinski definition) is 1. The molecule has 0 aromatic rings. The van der Waals surface area contributed by atoms with Crippen LogP contribution in [0.5, 0.6) is 0 Å². The van der Waals surface area contributed by atoms with Gasteiger partial charge in [-0.25, -0.2) is 0 Å². The summed E-state index contributed by atoms with van der Waals surface area (Å²) in [6, 6.07) is 0.